The van der Waals surface area contributed by atoms with Crippen LogP contribution in [-0.2, 0) is 9.47 Å². The molecule has 3 rings (SSSR count). The van der Waals surface area contributed by atoms with Crippen LogP contribution in [0.15, 0.2) is 0 Å². The molecule has 2 saturated heterocycles. The first kappa shape index (κ1) is 16.7. The minimum atomic E-state index is -0.572. The van der Waals surface area contributed by atoms with Gasteiger partial charge in [-0.1, -0.05) is 0 Å². The molecule has 0 bridgehead atoms. The van der Waals surface area contributed by atoms with E-state index < -0.39 is 4.92 Å². The van der Waals surface area contributed by atoms with Crippen LogP contribution in [0.2, 0.25) is 0 Å². The summed E-state index contributed by atoms with van der Waals surface area (Å²) >= 11 is 0. The van der Waals surface area contributed by atoms with Crippen LogP contribution in [0.5, 0.6) is 0 Å². The molecule has 0 unspecified atom stereocenters. The minimum Gasteiger partial charge on any atom is -0.378 e. The molecular weight excluding hydrogens is 316 g/mol. The second kappa shape index (κ2) is 7.58. The van der Waals surface area contributed by atoms with Gasteiger partial charge in [0.2, 0.25) is 17.6 Å². The summed E-state index contributed by atoms with van der Waals surface area (Å²) in [7, 11) is 0. The van der Waals surface area contributed by atoms with E-state index in [-0.39, 0.29) is 35.5 Å². The van der Waals surface area contributed by atoms with Gasteiger partial charge < -0.3 is 25.8 Å². The van der Waals surface area contributed by atoms with Crippen LogP contribution >= 0.6 is 0 Å². The molecule has 10 nitrogen and oxygen atoms in total. The van der Waals surface area contributed by atoms with Crippen molar-refractivity contribution in [3.05, 3.63) is 10.1 Å². The maximum atomic E-state index is 11.3. The molecule has 2 atom stereocenters. The Labute approximate surface area is 139 Å². The lowest BCUT2D eigenvalue weighted by atomic mass is 10.2. The van der Waals surface area contributed by atoms with Crippen LogP contribution in [0.3, 0.4) is 0 Å². The van der Waals surface area contributed by atoms with Gasteiger partial charge in [-0.2, -0.15) is 9.97 Å². The minimum absolute atomic E-state index is 0.0316. The van der Waals surface area contributed by atoms with Crippen LogP contribution in [0.1, 0.15) is 25.7 Å². The second-order valence-electron chi connectivity index (χ2n) is 5.92. The molecule has 0 radical (unpaired) electrons. The molecule has 0 saturated carbocycles. The lowest BCUT2D eigenvalue weighted by Crippen LogP contribution is -2.22. The van der Waals surface area contributed by atoms with Crippen molar-refractivity contribution in [2.45, 2.75) is 37.9 Å². The Morgan fingerprint density at radius 2 is 1.75 bits per heavy atom. The topological polar surface area (TPSA) is 137 Å². The molecule has 1 aromatic heterocycles. The van der Waals surface area contributed by atoms with E-state index in [1.165, 1.54) is 0 Å². The van der Waals surface area contributed by atoms with E-state index in [4.69, 9.17) is 15.2 Å². The van der Waals surface area contributed by atoms with Crippen LogP contribution in [0.25, 0.3) is 0 Å². The van der Waals surface area contributed by atoms with Crippen molar-refractivity contribution in [2.75, 3.05) is 42.7 Å². The third-order valence-corrected chi connectivity index (χ3v) is 4.13. The van der Waals surface area contributed by atoms with Crippen molar-refractivity contribution in [1.82, 2.24) is 9.97 Å². The van der Waals surface area contributed by atoms with Gasteiger partial charge in [0.25, 0.3) is 0 Å². The van der Waals surface area contributed by atoms with Crippen LogP contribution in [0.4, 0.5) is 23.3 Å². The molecule has 2 fully saturated rings. The molecule has 24 heavy (non-hydrogen) atoms. The maximum absolute atomic E-state index is 11.3. The standard InChI is InChI=1S/C14H22N6O4/c15-12-11(20(21)22)13(16-7-9-3-1-5-23-9)19-14(18-12)17-8-10-4-2-6-24-10/h9-10H,1-8H2,(H4,15,16,17,18,19)/t9-,10-/m1/s1. The number of nitro groups is 1. The van der Waals surface area contributed by atoms with Crippen molar-refractivity contribution in [3.63, 3.8) is 0 Å². The second-order valence-corrected chi connectivity index (χ2v) is 5.92. The number of rotatable bonds is 7. The number of ether oxygens (including phenoxy) is 2. The van der Waals surface area contributed by atoms with E-state index in [1.54, 1.807) is 0 Å². The zero-order valence-electron chi connectivity index (χ0n) is 13.4. The highest BCUT2D eigenvalue weighted by Crippen LogP contribution is 2.29. The highest BCUT2D eigenvalue weighted by Gasteiger charge is 2.25. The largest absolute Gasteiger partial charge is 0.378 e. The highest BCUT2D eigenvalue weighted by molar-refractivity contribution is 5.69. The number of anilines is 3. The molecule has 2 aliphatic rings. The van der Waals surface area contributed by atoms with Crippen molar-refractivity contribution in [1.29, 1.82) is 0 Å². The van der Waals surface area contributed by atoms with Crippen molar-refractivity contribution >= 4 is 23.3 Å². The average Bonchev–Trinajstić information content (AvgIpc) is 3.23. The monoisotopic (exact) mass is 338 g/mol. The third-order valence-electron chi connectivity index (χ3n) is 4.13. The van der Waals surface area contributed by atoms with Gasteiger partial charge >= 0.3 is 5.69 Å². The molecule has 1 aromatic rings. The molecule has 10 heteroatoms. The van der Waals surface area contributed by atoms with Gasteiger partial charge in [-0.05, 0) is 25.7 Å². The Balaban J connectivity index is 1.70. The van der Waals surface area contributed by atoms with Crippen molar-refractivity contribution < 1.29 is 14.4 Å². The number of hydrogen-bond acceptors (Lipinski definition) is 9. The summed E-state index contributed by atoms with van der Waals surface area (Å²) in [5.74, 6) is 0.195. The SMILES string of the molecule is Nc1nc(NC[C@H]2CCCO2)nc(NC[C@H]2CCCO2)c1[N+](=O)[O-]. The number of nitrogens with one attached hydrogen (secondary N) is 2. The highest BCUT2D eigenvalue weighted by atomic mass is 16.6. The normalized spacial score (nSPS) is 23.3. The first-order valence-electron chi connectivity index (χ1n) is 8.16. The number of hydrogen-bond donors (Lipinski definition) is 3. The van der Waals surface area contributed by atoms with E-state index in [0.717, 1.165) is 32.3 Å². The zero-order valence-corrected chi connectivity index (χ0v) is 13.4. The van der Waals surface area contributed by atoms with Gasteiger partial charge in [-0.25, -0.2) is 0 Å². The van der Waals surface area contributed by atoms with Crippen molar-refractivity contribution in [2.24, 2.45) is 0 Å². The predicted molar refractivity (Wildman–Crippen MR) is 88.0 cm³/mol. The number of nitrogen functional groups attached to an aromatic ring is 1. The van der Waals surface area contributed by atoms with Gasteiger partial charge in [-0.15, -0.1) is 0 Å². The predicted octanol–water partition coefficient (Wildman–Crippen LogP) is 1.15. The number of nitrogens with two attached hydrogens (primary N) is 1. The van der Waals surface area contributed by atoms with Crippen LogP contribution in [0, 0.1) is 10.1 Å². The van der Waals surface area contributed by atoms with Gasteiger partial charge in [0.05, 0.1) is 17.1 Å². The van der Waals surface area contributed by atoms with E-state index in [2.05, 4.69) is 20.6 Å². The lowest BCUT2D eigenvalue weighted by Gasteiger charge is -2.14. The summed E-state index contributed by atoms with van der Waals surface area (Å²) in [5.41, 5.74) is 5.45. The summed E-state index contributed by atoms with van der Waals surface area (Å²) in [4.78, 5) is 18.9. The number of nitrogens with zero attached hydrogens (tertiary/aromatic N) is 3. The summed E-state index contributed by atoms with van der Waals surface area (Å²) < 4.78 is 11.0. The molecular formula is C14H22N6O4. The van der Waals surface area contributed by atoms with E-state index in [1.807, 2.05) is 0 Å². The molecule has 0 amide bonds. The fourth-order valence-corrected chi connectivity index (χ4v) is 2.88. The Kier molecular flexibility index (Phi) is 5.26. The number of aromatic nitrogens is 2. The van der Waals surface area contributed by atoms with E-state index >= 15 is 0 Å². The third kappa shape index (κ3) is 4.01. The van der Waals surface area contributed by atoms with Crippen molar-refractivity contribution in [3.8, 4) is 0 Å². The maximum Gasteiger partial charge on any atom is 0.353 e. The van der Waals surface area contributed by atoms with E-state index in [9.17, 15) is 10.1 Å². The molecule has 3 heterocycles. The Bertz CT molecular complexity index is 587. The molecule has 0 aliphatic carbocycles. The Morgan fingerprint density at radius 3 is 2.29 bits per heavy atom. The summed E-state index contributed by atoms with van der Waals surface area (Å²) in [6.07, 6.45) is 4.06. The zero-order chi connectivity index (χ0) is 16.9. The fraction of sp³-hybridized carbons (Fsp3) is 0.714. The van der Waals surface area contributed by atoms with Gasteiger partial charge in [0.1, 0.15) is 0 Å². The molecule has 132 valence electrons. The molecule has 0 spiro atoms. The molecule has 0 aromatic carbocycles. The summed E-state index contributed by atoms with van der Waals surface area (Å²) in [6.45, 7) is 2.46. The summed E-state index contributed by atoms with van der Waals surface area (Å²) in [5, 5.41) is 17.3. The lowest BCUT2D eigenvalue weighted by molar-refractivity contribution is -0.383. The van der Waals surface area contributed by atoms with Gasteiger partial charge in [0.15, 0.2) is 0 Å². The van der Waals surface area contributed by atoms with Gasteiger partial charge in [-0.3, -0.25) is 10.1 Å². The van der Waals surface area contributed by atoms with Crippen LogP contribution in [-0.4, -0.2) is 53.4 Å². The molecule has 4 N–H and O–H groups in total. The Hall–Kier alpha value is -2.20. The molecule has 2 aliphatic heterocycles. The van der Waals surface area contributed by atoms with Crippen LogP contribution < -0.4 is 16.4 Å². The smallest absolute Gasteiger partial charge is 0.353 e. The van der Waals surface area contributed by atoms with Gasteiger partial charge in [0, 0.05) is 26.3 Å². The summed E-state index contributed by atoms with van der Waals surface area (Å²) in [6, 6.07) is 0. The first-order valence-corrected chi connectivity index (χ1v) is 8.16. The average molecular weight is 338 g/mol. The quantitative estimate of drug-likeness (QED) is 0.493. The fourth-order valence-electron chi connectivity index (χ4n) is 2.88. The first-order chi connectivity index (χ1) is 11.6. The van der Waals surface area contributed by atoms with E-state index in [0.29, 0.717) is 19.7 Å². The Morgan fingerprint density at radius 1 is 1.12 bits per heavy atom.